The van der Waals surface area contributed by atoms with Crippen LogP contribution in [0.25, 0.3) is 11.2 Å². The highest BCUT2D eigenvalue weighted by Crippen LogP contribution is 2.40. The van der Waals surface area contributed by atoms with Gasteiger partial charge in [0.15, 0.2) is 35.1 Å². The number of nitrogens with one attached hydrogen (secondary N) is 3. The Hall–Kier alpha value is -4.88. The molecule has 0 spiro atoms. The van der Waals surface area contributed by atoms with Crippen molar-refractivity contribution >= 4 is 29.4 Å². The first-order valence-corrected chi connectivity index (χ1v) is 14.8. The zero-order valence-corrected chi connectivity index (χ0v) is 23.9. The molecule has 13 nitrogen and oxygen atoms in total. The van der Waals surface area contributed by atoms with Crippen LogP contribution in [-0.4, -0.2) is 71.1 Å². The zero-order chi connectivity index (χ0) is 29.9. The second kappa shape index (κ2) is 12.4. The van der Waals surface area contributed by atoms with Crippen molar-refractivity contribution in [2.75, 3.05) is 17.2 Å². The Morgan fingerprint density at radius 2 is 1.80 bits per heavy atom. The van der Waals surface area contributed by atoms with Crippen LogP contribution in [0.1, 0.15) is 60.9 Å². The molecule has 226 valence electrons. The van der Waals surface area contributed by atoms with E-state index in [1.54, 1.807) is 10.9 Å². The van der Waals surface area contributed by atoms with Gasteiger partial charge in [-0.05, 0) is 24.0 Å². The maximum absolute atomic E-state index is 11.5. The molecular formula is C31H33N9O4. The average molecular weight is 596 g/mol. The molecule has 3 aromatic heterocycles. The van der Waals surface area contributed by atoms with Gasteiger partial charge in [0.2, 0.25) is 5.95 Å². The van der Waals surface area contributed by atoms with Gasteiger partial charge in [0.1, 0.15) is 18.5 Å². The molecule has 1 saturated heterocycles. The highest BCUT2D eigenvalue weighted by atomic mass is 16.6. The van der Waals surface area contributed by atoms with Crippen LogP contribution in [-0.2, 0) is 14.3 Å². The number of aliphatic hydroxyl groups excluding tert-OH is 1. The minimum absolute atomic E-state index is 0.0529. The van der Waals surface area contributed by atoms with Crippen LogP contribution in [0.3, 0.4) is 0 Å². The predicted molar refractivity (Wildman–Crippen MR) is 161 cm³/mol. The highest BCUT2D eigenvalue weighted by Gasteiger charge is 2.49. The molecule has 0 amide bonds. The van der Waals surface area contributed by atoms with E-state index >= 15 is 0 Å². The summed E-state index contributed by atoms with van der Waals surface area (Å²) in [5.41, 5.74) is 3.33. The van der Waals surface area contributed by atoms with E-state index in [2.05, 4.69) is 55.1 Å². The van der Waals surface area contributed by atoms with E-state index in [0.717, 1.165) is 25.7 Å². The van der Waals surface area contributed by atoms with E-state index < -0.39 is 24.5 Å². The number of carbonyl (C=O) groups is 1. The summed E-state index contributed by atoms with van der Waals surface area (Å²) in [5.74, 6) is 1.39. The van der Waals surface area contributed by atoms with Crippen molar-refractivity contribution in [3.63, 3.8) is 0 Å². The van der Waals surface area contributed by atoms with Gasteiger partial charge in [0.25, 0.3) is 6.47 Å². The van der Waals surface area contributed by atoms with Crippen LogP contribution in [0.4, 0.5) is 11.8 Å². The fourth-order valence-electron chi connectivity index (χ4n) is 6.21. The van der Waals surface area contributed by atoms with E-state index in [-0.39, 0.29) is 12.0 Å². The molecule has 0 unspecified atom stereocenters. The largest absolute Gasteiger partial charge is 0.457 e. The van der Waals surface area contributed by atoms with Gasteiger partial charge in [-0.3, -0.25) is 9.36 Å². The summed E-state index contributed by atoms with van der Waals surface area (Å²) in [7, 11) is 0. The number of aromatic amines is 1. The number of aromatic nitrogens is 7. The average Bonchev–Trinajstić information content (AvgIpc) is 3.88. The molecule has 4 heterocycles. The van der Waals surface area contributed by atoms with Gasteiger partial charge < -0.3 is 30.2 Å². The molecule has 2 aliphatic rings. The van der Waals surface area contributed by atoms with Crippen LogP contribution in [0.5, 0.6) is 0 Å². The number of rotatable bonds is 11. The Balaban J connectivity index is 1.26. The van der Waals surface area contributed by atoms with Crippen molar-refractivity contribution < 1.29 is 19.4 Å². The Morgan fingerprint density at radius 3 is 2.45 bits per heavy atom. The SMILES string of the molecule is O=CO[C@@H]1[C@H](O)[C@@H](c2nnc[nH]2)O[C@H]1n1cnc2c(NCC(c3ccccc3)c3ccccc3)nc(NC3CCCC3)nc21. The van der Waals surface area contributed by atoms with Gasteiger partial charge in [0.05, 0.1) is 6.33 Å². The van der Waals surface area contributed by atoms with Gasteiger partial charge in [0, 0.05) is 18.5 Å². The van der Waals surface area contributed by atoms with Gasteiger partial charge in [-0.15, -0.1) is 10.2 Å². The van der Waals surface area contributed by atoms with Crippen molar-refractivity contribution in [3.05, 3.63) is 90.3 Å². The minimum atomic E-state index is -1.20. The van der Waals surface area contributed by atoms with Crippen LogP contribution in [0.15, 0.2) is 73.3 Å². The summed E-state index contributed by atoms with van der Waals surface area (Å²) in [6.45, 7) is 0.855. The van der Waals surface area contributed by atoms with Gasteiger partial charge in [-0.25, -0.2) is 4.98 Å². The minimum Gasteiger partial charge on any atom is -0.457 e. The fraction of sp³-hybridized carbons (Fsp3) is 0.355. The normalized spacial score (nSPS) is 22.0. The second-order valence-electron chi connectivity index (χ2n) is 11.1. The van der Waals surface area contributed by atoms with Crippen LogP contribution in [0.2, 0.25) is 0 Å². The van der Waals surface area contributed by atoms with E-state index in [4.69, 9.17) is 19.4 Å². The molecule has 2 fully saturated rings. The van der Waals surface area contributed by atoms with Gasteiger partial charge in [-0.1, -0.05) is 73.5 Å². The third-order valence-corrected chi connectivity index (χ3v) is 8.39. The second-order valence-corrected chi connectivity index (χ2v) is 11.1. The molecule has 4 N–H and O–H groups in total. The molecule has 5 aromatic rings. The van der Waals surface area contributed by atoms with Gasteiger partial charge >= 0.3 is 0 Å². The molecule has 0 radical (unpaired) electrons. The van der Waals surface area contributed by atoms with Crippen molar-refractivity contribution in [3.8, 4) is 0 Å². The summed E-state index contributed by atoms with van der Waals surface area (Å²) < 4.78 is 13.2. The molecule has 4 atom stereocenters. The summed E-state index contributed by atoms with van der Waals surface area (Å²) >= 11 is 0. The smallest absolute Gasteiger partial charge is 0.293 e. The number of H-pyrrole nitrogens is 1. The van der Waals surface area contributed by atoms with Crippen molar-refractivity contribution in [1.82, 2.24) is 34.7 Å². The number of hydrogen-bond donors (Lipinski definition) is 4. The molecule has 13 heteroatoms. The number of benzene rings is 2. The van der Waals surface area contributed by atoms with Crippen LogP contribution < -0.4 is 10.6 Å². The lowest BCUT2D eigenvalue weighted by molar-refractivity contribution is -0.142. The summed E-state index contributed by atoms with van der Waals surface area (Å²) in [4.78, 5) is 28.7. The quantitative estimate of drug-likeness (QED) is 0.165. The van der Waals surface area contributed by atoms with E-state index in [1.165, 1.54) is 17.5 Å². The summed E-state index contributed by atoms with van der Waals surface area (Å²) in [6.07, 6.45) is 3.26. The van der Waals surface area contributed by atoms with Crippen molar-refractivity contribution in [1.29, 1.82) is 0 Å². The molecular weight excluding hydrogens is 562 g/mol. The summed E-state index contributed by atoms with van der Waals surface area (Å²) in [5, 5.41) is 25.9. The van der Waals surface area contributed by atoms with Gasteiger partial charge in [-0.2, -0.15) is 9.97 Å². The fourth-order valence-corrected chi connectivity index (χ4v) is 6.21. The third kappa shape index (κ3) is 5.47. The molecule has 1 aliphatic heterocycles. The van der Waals surface area contributed by atoms with Crippen LogP contribution >= 0.6 is 0 Å². The lowest BCUT2D eigenvalue weighted by Gasteiger charge is -2.21. The highest BCUT2D eigenvalue weighted by molar-refractivity contribution is 5.84. The van der Waals surface area contributed by atoms with Crippen LogP contribution in [0, 0.1) is 0 Å². The maximum atomic E-state index is 11.5. The number of anilines is 2. The Labute approximate surface area is 253 Å². The topological polar surface area (TPSA) is 165 Å². The molecule has 7 rings (SSSR count). The number of aliphatic hydroxyl groups is 1. The Kier molecular flexibility index (Phi) is 7.86. The maximum Gasteiger partial charge on any atom is 0.293 e. The van der Waals surface area contributed by atoms with E-state index in [1.807, 2.05) is 36.4 Å². The first-order chi connectivity index (χ1) is 21.7. The predicted octanol–water partition coefficient (Wildman–Crippen LogP) is 3.72. The Bertz CT molecular complexity index is 1640. The standard InChI is InChI=1S/C31H33N9O4/c41-18-43-26-24(42)25(28-33-16-35-39-28)44-30(26)40-17-34-23-27(37-31(38-29(23)40)36-21-13-7-8-14-21)32-15-22(19-9-3-1-4-10-19)20-11-5-2-6-12-20/h1-6,9-12,16-18,21-22,24-26,30,42H,7-8,13-15H2,(H,33,35,39)(H2,32,36,37,38)/t24-,25+,26-,30-/m1/s1. The monoisotopic (exact) mass is 595 g/mol. The summed E-state index contributed by atoms with van der Waals surface area (Å²) in [6, 6.07) is 20.9. The van der Waals surface area contributed by atoms with Crippen molar-refractivity contribution in [2.45, 2.75) is 62.2 Å². The number of ether oxygens (including phenoxy) is 2. The Morgan fingerprint density at radius 1 is 1.07 bits per heavy atom. The lowest BCUT2D eigenvalue weighted by Crippen LogP contribution is -2.32. The number of fused-ring (bicyclic) bond motifs is 1. The first-order valence-electron chi connectivity index (χ1n) is 14.8. The zero-order valence-electron chi connectivity index (χ0n) is 23.9. The molecule has 1 aliphatic carbocycles. The molecule has 0 bridgehead atoms. The number of imidazole rings is 1. The van der Waals surface area contributed by atoms with E-state index in [9.17, 15) is 9.90 Å². The first kappa shape index (κ1) is 27.9. The van der Waals surface area contributed by atoms with Crippen molar-refractivity contribution in [2.24, 2.45) is 0 Å². The molecule has 1 saturated carbocycles. The number of hydrogen-bond acceptors (Lipinski definition) is 11. The lowest BCUT2D eigenvalue weighted by atomic mass is 9.91. The number of nitrogens with zero attached hydrogens (tertiary/aromatic N) is 6. The number of carbonyl (C=O) groups excluding carboxylic acids is 1. The van der Waals surface area contributed by atoms with E-state index in [0.29, 0.717) is 41.8 Å². The molecule has 44 heavy (non-hydrogen) atoms. The third-order valence-electron chi connectivity index (χ3n) is 8.39. The molecule has 2 aromatic carbocycles.